The SMILES string of the molecule is CCCCC(CC)CC(CCc1cccnc1)NN. The molecule has 0 spiro atoms. The summed E-state index contributed by atoms with van der Waals surface area (Å²) >= 11 is 0. The molecule has 0 aliphatic rings. The van der Waals surface area contributed by atoms with Gasteiger partial charge in [0.25, 0.3) is 0 Å². The van der Waals surface area contributed by atoms with Crippen LogP contribution in [0.2, 0.25) is 0 Å². The molecule has 0 aromatic carbocycles. The highest BCUT2D eigenvalue weighted by Crippen LogP contribution is 2.20. The standard InChI is InChI=1S/C16H29N3/c1-3-5-7-14(4-2)12-16(19-17)10-9-15-8-6-11-18-13-15/h6,8,11,13-14,16,19H,3-5,7,9-10,12,17H2,1-2H3. The molecule has 3 nitrogen and oxygen atoms in total. The van der Waals surface area contributed by atoms with Crippen LogP contribution >= 0.6 is 0 Å². The average Bonchev–Trinajstić information content (AvgIpc) is 2.47. The van der Waals surface area contributed by atoms with Crippen LogP contribution in [-0.2, 0) is 6.42 Å². The van der Waals surface area contributed by atoms with Crippen LogP contribution in [0.5, 0.6) is 0 Å². The van der Waals surface area contributed by atoms with Gasteiger partial charge in [-0.15, -0.1) is 0 Å². The second kappa shape index (κ2) is 9.93. The lowest BCUT2D eigenvalue weighted by Gasteiger charge is -2.22. The minimum Gasteiger partial charge on any atom is -0.271 e. The van der Waals surface area contributed by atoms with E-state index in [0.717, 1.165) is 18.8 Å². The third-order valence-corrected chi connectivity index (χ3v) is 3.90. The summed E-state index contributed by atoms with van der Waals surface area (Å²) in [7, 11) is 0. The van der Waals surface area contributed by atoms with E-state index in [4.69, 9.17) is 5.84 Å². The van der Waals surface area contributed by atoms with Crippen LogP contribution in [-0.4, -0.2) is 11.0 Å². The second-order valence-electron chi connectivity index (χ2n) is 5.42. The van der Waals surface area contributed by atoms with Crippen molar-refractivity contribution in [2.24, 2.45) is 11.8 Å². The summed E-state index contributed by atoms with van der Waals surface area (Å²) < 4.78 is 0. The molecular formula is C16H29N3. The first-order valence-corrected chi connectivity index (χ1v) is 7.65. The Morgan fingerprint density at radius 1 is 1.32 bits per heavy atom. The smallest absolute Gasteiger partial charge is 0.0299 e. The lowest BCUT2D eigenvalue weighted by Crippen LogP contribution is -2.37. The third kappa shape index (κ3) is 6.69. The van der Waals surface area contributed by atoms with Crippen LogP contribution < -0.4 is 11.3 Å². The molecule has 0 amide bonds. The average molecular weight is 263 g/mol. The van der Waals surface area contributed by atoms with Crippen LogP contribution in [0, 0.1) is 5.92 Å². The van der Waals surface area contributed by atoms with Crippen LogP contribution in [0.4, 0.5) is 0 Å². The van der Waals surface area contributed by atoms with Gasteiger partial charge in [0.1, 0.15) is 0 Å². The van der Waals surface area contributed by atoms with Crippen molar-refractivity contribution in [2.75, 3.05) is 0 Å². The molecule has 1 aromatic rings. The van der Waals surface area contributed by atoms with Crippen molar-refractivity contribution in [1.29, 1.82) is 0 Å². The van der Waals surface area contributed by atoms with E-state index in [2.05, 4.69) is 30.3 Å². The Labute approximate surface area is 118 Å². The molecular weight excluding hydrogens is 234 g/mol. The van der Waals surface area contributed by atoms with E-state index in [1.54, 1.807) is 0 Å². The van der Waals surface area contributed by atoms with Crippen LogP contribution in [0.1, 0.15) is 57.9 Å². The molecule has 1 rings (SSSR count). The Morgan fingerprint density at radius 2 is 2.16 bits per heavy atom. The van der Waals surface area contributed by atoms with E-state index >= 15 is 0 Å². The minimum atomic E-state index is 0.419. The Bertz CT molecular complexity index is 313. The molecule has 0 radical (unpaired) electrons. The van der Waals surface area contributed by atoms with Gasteiger partial charge in [-0.3, -0.25) is 16.3 Å². The summed E-state index contributed by atoms with van der Waals surface area (Å²) in [4.78, 5) is 4.15. The largest absolute Gasteiger partial charge is 0.271 e. The molecule has 0 fully saturated rings. The molecule has 2 atom stereocenters. The molecule has 0 aliphatic heterocycles. The Hall–Kier alpha value is -0.930. The summed E-state index contributed by atoms with van der Waals surface area (Å²) in [6.07, 6.45) is 12.3. The number of aromatic nitrogens is 1. The Balaban J connectivity index is 2.35. The van der Waals surface area contributed by atoms with Crippen molar-refractivity contribution < 1.29 is 0 Å². The first kappa shape index (κ1) is 16.1. The van der Waals surface area contributed by atoms with Crippen LogP contribution in [0.15, 0.2) is 24.5 Å². The number of pyridine rings is 1. The number of unbranched alkanes of at least 4 members (excludes halogenated alkanes) is 1. The van der Waals surface area contributed by atoms with Gasteiger partial charge >= 0.3 is 0 Å². The molecule has 2 unspecified atom stereocenters. The number of rotatable bonds is 10. The molecule has 0 aliphatic carbocycles. The Kier molecular flexibility index (Phi) is 8.43. The number of nitrogens with zero attached hydrogens (tertiary/aromatic N) is 1. The van der Waals surface area contributed by atoms with Gasteiger partial charge < -0.3 is 0 Å². The molecule has 19 heavy (non-hydrogen) atoms. The van der Waals surface area contributed by atoms with Crippen molar-refractivity contribution in [1.82, 2.24) is 10.4 Å². The maximum Gasteiger partial charge on any atom is 0.0299 e. The fourth-order valence-corrected chi connectivity index (χ4v) is 2.54. The zero-order valence-corrected chi connectivity index (χ0v) is 12.4. The van der Waals surface area contributed by atoms with E-state index in [9.17, 15) is 0 Å². The predicted molar refractivity (Wildman–Crippen MR) is 81.6 cm³/mol. The van der Waals surface area contributed by atoms with Gasteiger partial charge in [-0.1, -0.05) is 45.6 Å². The normalized spacial score (nSPS) is 14.3. The van der Waals surface area contributed by atoms with Crippen molar-refractivity contribution in [3.05, 3.63) is 30.1 Å². The zero-order chi connectivity index (χ0) is 13.9. The summed E-state index contributed by atoms with van der Waals surface area (Å²) in [6.45, 7) is 4.54. The maximum absolute atomic E-state index is 5.70. The summed E-state index contributed by atoms with van der Waals surface area (Å²) in [5, 5.41) is 0. The van der Waals surface area contributed by atoms with Gasteiger partial charge in [0.15, 0.2) is 0 Å². The van der Waals surface area contributed by atoms with Crippen LogP contribution in [0.3, 0.4) is 0 Å². The third-order valence-electron chi connectivity index (χ3n) is 3.90. The van der Waals surface area contributed by atoms with E-state index in [-0.39, 0.29) is 0 Å². The quantitative estimate of drug-likeness (QED) is 0.502. The van der Waals surface area contributed by atoms with Crippen molar-refractivity contribution in [3.8, 4) is 0 Å². The van der Waals surface area contributed by atoms with E-state index < -0.39 is 0 Å². The van der Waals surface area contributed by atoms with E-state index in [0.29, 0.717) is 6.04 Å². The number of hydrogen-bond acceptors (Lipinski definition) is 3. The molecule has 3 heteroatoms. The minimum absolute atomic E-state index is 0.419. The fourth-order valence-electron chi connectivity index (χ4n) is 2.54. The molecule has 0 saturated heterocycles. The van der Waals surface area contributed by atoms with E-state index in [1.807, 2.05) is 18.5 Å². The predicted octanol–water partition coefficient (Wildman–Crippen LogP) is 3.45. The van der Waals surface area contributed by atoms with Crippen molar-refractivity contribution in [3.63, 3.8) is 0 Å². The number of nitrogens with two attached hydrogens (primary N) is 1. The summed E-state index contributed by atoms with van der Waals surface area (Å²) in [6, 6.07) is 4.55. The summed E-state index contributed by atoms with van der Waals surface area (Å²) in [5.74, 6) is 6.50. The summed E-state index contributed by atoms with van der Waals surface area (Å²) in [5.41, 5.74) is 4.29. The van der Waals surface area contributed by atoms with Crippen LogP contribution in [0.25, 0.3) is 0 Å². The number of nitrogens with one attached hydrogen (secondary N) is 1. The monoisotopic (exact) mass is 263 g/mol. The molecule has 3 N–H and O–H groups in total. The second-order valence-corrected chi connectivity index (χ2v) is 5.42. The first-order valence-electron chi connectivity index (χ1n) is 7.65. The van der Waals surface area contributed by atoms with Gasteiger partial charge in [0.2, 0.25) is 0 Å². The Morgan fingerprint density at radius 3 is 2.74 bits per heavy atom. The van der Waals surface area contributed by atoms with Gasteiger partial charge in [-0.2, -0.15) is 0 Å². The lowest BCUT2D eigenvalue weighted by molar-refractivity contribution is 0.340. The first-order chi connectivity index (χ1) is 9.30. The molecule has 1 aromatic heterocycles. The molecule has 0 bridgehead atoms. The lowest BCUT2D eigenvalue weighted by atomic mass is 9.90. The van der Waals surface area contributed by atoms with Crippen molar-refractivity contribution in [2.45, 2.75) is 64.8 Å². The highest BCUT2D eigenvalue weighted by atomic mass is 15.2. The molecule has 108 valence electrons. The number of hydrazine groups is 1. The number of aryl methyl sites for hydroxylation is 1. The van der Waals surface area contributed by atoms with Gasteiger partial charge in [0, 0.05) is 18.4 Å². The van der Waals surface area contributed by atoms with Gasteiger partial charge in [-0.05, 0) is 36.8 Å². The maximum atomic E-state index is 5.70. The highest BCUT2D eigenvalue weighted by molar-refractivity contribution is 5.08. The van der Waals surface area contributed by atoms with Crippen molar-refractivity contribution >= 4 is 0 Å². The topological polar surface area (TPSA) is 50.9 Å². The fraction of sp³-hybridized carbons (Fsp3) is 0.688. The molecule has 1 heterocycles. The van der Waals surface area contributed by atoms with Gasteiger partial charge in [0.05, 0.1) is 0 Å². The number of hydrogen-bond donors (Lipinski definition) is 2. The highest BCUT2D eigenvalue weighted by Gasteiger charge is 2.14. The van der Waals surface area contributed by atoms with E-state index in [1.165, 1.54) is 37.7 Å². The van der Waals surface area contributed by atoms with Gasteiger partial charge in [-0.25, -0.2) is 0 Å². The zero-order valence-electron chi connectivity index (χ0n) is 12.4. The molecule has 0 saturated carbocycles.